The second kappa shape index (κ2) is 75.1. The Kier molecular flexibility index (Phi) is 73.7. The number of aliphatic hydroxyl groups excluding tert-OH is 1. The van der Waals surface area contributed by atoms with E-state index in [1.54, 1.807) is 0 Å². The summed E-state index contributed by atoms with van der Waals surface area (Å²) >= 11 is 0. The van der Waals surface area contributed by atoms with Gasteiger partial charge in [-0.25, -0.2) is 9.13 Å². The Morgan fingerprint density at radius 2 is 0.442 bits per heavy atom. The molecule has 19 heteroatoms. The maximum atomic E-state index is 13.1. The van der Waals surface area contributed by atoms with E-state index in [0.29, 0.717) is 31.6 Å². The molecule has 0 aromatic rings. The third kappa shape index (κ3) is 78.2. The van der Waals surface area contributed by atoms with Gasteiger partial charge >= 0.3 is 39.5 Å². The molecule has 0 saturated heterocycles. The van der Waals surface area contributed by atoms with Crippen LogP contribution in [0.1, 0.15) is 447 Å². The van der Waals surface area contributed by atoms with E-state index in [4.69, 9.17) is 37.0 Å². The molecule has 0 bridgehead atoms. The van der Waals surface area contributed by atoms with Crippen LogP contribution in [0.4, 0.5) is 0 Å². The number of esters is 4. The van der Waals surface area contributed by atoms with Crippen molar-refractivity contribution in [1.29, 1.82) is 0 Å². The highest BCUT2D eigenvalue weighted by molar-refractivity contribution is 7.47. The van der Waals surface area contributed by atoms with Gasteiger partial charge in [0, 0.05) is 25.7 Å². The highest BCUT2D eigenvalue weighted by atomic mass is 31.2. The summed E-state index contributed by atoms with van der Waals surface area (Å²) in [6, 6.07) is 0. The number of hydrogen-bond donors (Lipinski definition) is 3. The van der Waals surface area contributed by atoms with Gasteiger partial charge in [0.15, 0.2) is 12.2 Å². The van der Waals surface area contributed by atoms with E-state index in [0.717, 1.165) is 108 Å². The van der Waals surface area contributed by atoms with Crippen LogP contribution >= 0.6 is 15.6 Å². The molecule has 0 radical (unpaired) electrons. The Balaban J connectivity index is 5.21. The third-order valence-corrected chi connectivity index (χ3v) is 21.8. The molecule has 618 valence electrons. The molecule has 0 fully saturated rings. The molecule has 0 spiro atoms. The van der Waals surface area contributed by atoms with Gasteiger partial charge in [0.1, 0.15) is 19.3 Å². The van der Waals surface area contributed by atoms with E-state index >= 15 is 0 Å². The number of carbonyl (C=O) groups is 4. The number of rotatable bonds is 83. The van der Waals surface area contributed by atoms with Crippen molar-refractivity contribution < 1.29 is 80.2 Å². The van der Waals surface area contributed by atoms with Crippen LogP contribution < -0.4 is 0 Å². The average molecular weight is 1520 g/mol. The minimum absolute atomic E-state index is 0.107. The summed E-state index contributed by atoms with van der Waals surface area (Å²) in [6.07, 6.45) is 65.4. The molecule has 0 aromatic heterocycles. The minimum Gasteiger partial charge on any atom is -0.462 e. The molecular weight excluding hydrogens is 1350 g/mol. The molecule has 5 atom stereocenters. The van der Waals surface area contributed by atoms with Crippen molar-refractivity contribution in [2.45, 2.75) is 465 Å². The van der Waals surface area contributed by atoms with Crippen molar-refractivity contribution in [3.63, 3.8) is 0 Å². The van der Waals surface area contributed by atoms with Crippen LogP contribution in [0.3, 0.4) is 0 Å². The van der Waals surface area contributed by atoms with Crippen molar-refractivity contribution in [3.8, 4) is 0 Å². The second-order valence-electron chi connectivity index (χ2n) is 32.0. The SMILES string of the molecule is CCCCCCCCCCCCCCCCCCC(=O)O[C@H](COC(=O)CCCCCCCCC(C)C)COP(=O)(O)OC[C@H](O)COP(=O)(O)OC[C@@H](COC(=O)CCCCCCCCCCCCCCCCCC(C)C)OC(=O)CCCCCCCCCCCCCCCCCCCCC(C)C. The summed E-state index contributed by atoms with van der Waals surface area (Å²) in [5, 5.41) is 10.7. The Morgan fingerprint density at radius 1 is 0.260 bits per heavy atom. The number of aliphatic hydroxyl groups is 1. The fraction of sp³-hybridized carbons (Fsp3) is 0.953. The Bertz CT molecular complexity index is 2010. The first-order valence-corrected chi connectivity index (χ1v) is 46.8. The molecule has 0 heterocycles. The molecular formula is C85H166O17P2. The maximum Gasteiger partial charge on any atom is 0.472 e. The van der Waals surface area contributed by atoms with Crippen LogP contribution in [0.15, 0.2) is 0 Å². The summed E-state index contributed by atoms with van der Waals surface area (Å²) in [4.78, 5) is 73.1. The van der Waals surface area contributed by atoms with Crippen LogP contribution in [-0.4, -0.2) is 96.7 Å². The predicted molar refractivity (Wildman–Crippen MR) is 428 cm³/mol. The molecule has 3 N–H and O–H groups in total. The number of ether oxygens (including phenoxy) is 4. The van der Waals surface area contributed by atoms with Crippen molar-refractivity contribution in [2.24, 2.45) is 17.8 Å². The monoisotopic (exact) mass is 1520 g/mol. The second-order valence-corrected chi connectivity index (χ2v) is 34.9. The lowest BCUT2D eigenvalue weighted by atomic mass is 10.0. The molecule has 0 amide bonds. The largest absolute Gasteiger partial charge is 0.472 e. The van der Waals surface area contributed by atoms with Gasteiger partial charge < -0.3 is 33.8 Å². The van der Waals surface area contributed by atoms with E-state index in [-0.39, 0.29) is 25.7 Å². The number of unbranched alkanes of at least 4 members (excludes halogenated alkanes) is 51. The van der Waals surface area contributed by atoms with E-state index in [2.05, 4.69) is 48.5 Å². The van der Waals surface area contributed by atoms with Crippen molar-refractivity contribution in [1.82, 2.24) is 0 Å². The fourth-order valence-corrected chi connectivity index (χ4v) is 14.8. The smallest absolute Gasteiger partial charge is 0.462 e. The van der Waals surface area contributed by atoms with Gasteiger partial charge in [-0.15, -0.1) is 0 Å². The molecule has 0 aromatic carbocycles. The molecule has 104 heavy (non-hydrogen) atoms. The third-order valence-electron chi connectivity index (χ3n) is 19.9. The number of phosphoric ester groups is 2. The fourth-order valence-electron chi connectivity index (χ4n) is 13.2. The molecule has 0 saturated carbocycles. The Hall–Kier alpha value is -1.94. The zero-order chi connectivity index (χ0) is 76.5. The number of hydrogen-bond acceptors (Lipinski definition) is 15. The number of phosphoric acid groups is 2. The van der Waals surface area contributed by atoms with Crippen molar-refractivity contribution in [2.75, 3.05) is 39.6 Å². The molecule has 2 unspecified atom stereocenters. The maximum absolute atomic E-state index is 13.1. The quantitative estimate of drug-likeness (QED) is 0.0222. The highest BCUT2D eigenvalue weighted by Gasteiger charge is 2.30. The van der Waals surface area contributed by atoms with Gasteiger partial charge in [0.25, 0.3) is 0 Å². The lowest BCUT2D eigenvalue weighted by Crippen LogP contribution is -2.30. The van der Waals surface area contributed by atoms with Crippen molar-refractivity contribution >= 4 is 39.5 Å². The summed E-state index contributed by atoms with van der Waals surface area (Å²) in [5.41, 5.74) is 0. The van der Waals surface area contributed by atoms with E-state index < -0.39 is 97.5 Å². The molecule has 0 aliphatic rings. The molecule has 0 aliphatic heterocycles. The average Bonchev–Trinajstić information content (AvgIpc) is 0.904. The van der Waals surface area contributed by atoms with Crippen LogP contribution in [0.5, 0.6) is 0 Å². The first-order valence-electron chi connectivity index (χ1n) is 43.8. The van der Waals surface area contributed by atoms with Gasteiger partial charge in [0.05, 0.1) is 26.4 Å². The van der Waals surface area contributed by atoms with Gasteiger partial charge in [-0.3, -0.25) is 37.3 Å². The first-order chi connectivity index (χ1) is 50.2. The van der Waals surface area contributed by atoms with Crippen LogP contribution in [0.25, 0.3) is 0 Å². The molecule has 0 rings (SSSR count). The molecule has 0 aliphatic carbocycles. The van der Waals surface area contributed by atoms with Crippen LogP contribution in [-0.2, 0) is 65.4 Å². The highest BCUT2D eigenvalue weighted by Crippen LogP contribution is 2.45. The van der Waals surface area contributed by atoms with Gasteiger partial charge in [0.2, 0.25) is 0 Å². The molecule has 17 nitrogen and oxygen atoms in total. The predicted octanol–water partition coefficient (Wildman–Crippen LogP) is 25.7. The Morgan fingerprint density at radius 3 is 0.654 bits per heavy atom. The van der Waals surface area contributed by atoms with Gasteiger partial charge in [-0.1, -0.05) is 395 Å². The summed E-state index contributed by atoms with van der Waals surface area (Å²) in [6.45, 7) is 12.0. The summed E-state index contributed by atoms with van der Waals surface area (Å²) in [7, 11) is -9.93. The summed E-state index contributed by atoms with van der Waals surface area (Å²) < 4.78 is 68.8. The van der Waals surface area contributed by atoms with E-state index in [1.165, 1.54) is 250 Å². The number of carbonyl (C=O) groups excluding carboxylic acids is 4. The topological polar surface area (TPSA) is 237 Å². The lowest BCUT2D eigenvalue weighted by Gasteiger charge is -2.21. The first kappa shape index (κ1) is 102. The minimum atomic E-state index is -4.97. The van der Waals surface area contributed by atoms with Crippen LogP contribution in [0, 0.1) is 17.8 Å². The van der Waals surface area contributed by atoms with E-state index in [9.17, 15) is 43.2 Å². The van der Waals surface area contributed by atoms with Crippen LogP contribution in [0.2, 0.25) is 0 Å². The Labute approximate surface area is 638 Å². The standard InChI is InChI=1S/C85H166O17P2/c1-8-9-10-11-12-13-14-15-16-24-30-35-40-45-54-61-69-85(90)102-81(73-96-83(88)67-60-53-48-47-51-58-65-78(6)7)75-100-104(93,94)98-71-79(86)70-97-103(91,92)99-74-80(72-95-82(87)66-59-52-44-39-34-29-26-21-23-28-33-38-43-50-57-64-77(4)5)101-84(89)68-62-55-46-41-36-31-25-20-18-17-19-22-27-32-37-42-49-56-63-76(2)3/h76-81,86H,8-75H2,1-7H3,(H,91,92)(H,93,94)/t79-,80-,81-/m1/s1. The zero-order valence-electron chi connectivity index (χ0n) is 68.5. The van der Waals surface area contributed by atoms with Gasteiger partial charge in [-0.2, -0.15) is 0 Å². The normalized spacial score (nSPS) is 13.9. The van der Waals surface area contributed by atoms with E-state index in [1.807, 2.05) is 0 Å². The van der Waals surface area contributed by atoms with Crippen molar-refractivity contribution in [3.05, 3.63) is 0 Å². The van der Waals surface area contributed by atoms with Gasteiger partial charge in [-0.05, 0) is 43.4 Å². The zero-order valence-corrected chi connectivity index (χ0v) is 70.3. The summed E-state index contributed by atoms with van der Waals surface area (Å²) in [5.74, 6) is 0.199. The lowest BCUT2D eigenvalue weighted by molar-refractivity contribution is -0.161.